The Morgan fingerprint density at radius 1 is 1.35 bits per heavy atom. The number of hydrogen-bond donors (Lipinski definition) is 0. The molecule has 0 aromatic rings. The first-order chi connectivity index (χ1) is 8.08. The molecule has 1 saturated heterocycles. The number of carbonyl (C=O) groups is 1. The van der Waals surface area contributed by atoms with Crippen LogP contribution in [0.1, 0.15) is 46.0 Å². The standard InChI is InChI=1S/C15H22O2/c1-10-5-4-6-11(2)9-14-13(8-7-10)12(3)15(16)17-14/h9-10,13-14H,3-8H2,1-2H3/b11-9+/t10-,13-,14+/m0/s1. The second kappa shape index (κ2) is 5.07. The van der Waals surface area contributed by atoms with Crippen molar-refractivity contribution >= 4 is 5.97 Å². The molecule has 1 aliphatic heterocycles. The molecule has 0 saturated carbocycles. The van der Waals surface area contributed by atoms with Crippen LogP contribution in [0.25, 0.3) is 0 Å². The Kier molecular flexibility index (Phi) is 3.70. The highest BCUT2D eigenvalue weighted by Crippen LogP contribution is 2.34. The molecule has 0 amide bonds. The summed E-state index contributed by atoms with van der Waals surface area (Å²) in [4.78, 5) is 11.6. The van der Waals surface area contributed by atoms with Crippen molar-refractivity contribution in [3.05, 3.63) is 23.8 Å². The van der Waals surface area contributed by atoms with Crippen LogP contribution < -0.4 is 0 Å². The summed E-state index contributed by atoms with van der Waals surface area (Å²) in [5.41, 5.74) is 2.02. The molecule has 94 valence electrons. The van der Waals surface area contributed by atoms with E-state index in [0.717, 1.165) is 18.8 Å². The summed E-state index contributed by atoms with van der Waals surface area (Å²) in [7, 11) is 0. The fourth-order valence-electron chi connectivity index (χ4n) is 2.82. The summed E-state index contributed by atoms with van der Waals surface area (Å²) in [6.45, 7) is 8.33. The quantitative estimate of drug-likeness (QED) is 0.363. The van der Waals surface area contributed by atoms with Crippen LogP contribution in [0.2, 0.25) is 0 Å². The Morgan fingerprint density at radius 2 is 2.12 bits per heavy atom. The van der Waals surface area contributed by atoms with Gasteiger partial charge in [0.25, 0.3) is 0 Å². The SMILES string of the molecule is C=C1C(=O)O[C@@H]2/C=C(\C)CCC[C@H](C)CC[C@@H]12. The predicted octanol–water partition coefficient (Wildman–Crippen LogP) is 3.63. The number of fused-ring (bicyclic) bond motifs is 1. The summed E-state index contributed by atoms with van der Waals surface area (Å²) in [5.74, 6) is 0.749. The van der Waals surface area contributed by atoms with E-state index in [4.69, 9.17) is 4.74 Å². The molecule has 0 aromatic carbocycles. The molecule has 17 heavy (non-hydrogen) atoms. The molecule has 0 spiro atoms. The number of allylic oxidation sites excluding steroid dienone is 1. The van der Waals surface area contributed by atoms with E-state index in [9.17, 15) is 4.79 Å². The topological polar surface area (TPSA) is 26.3 Å². The molecule has 2 rings (SSSR count). The highest BCUT2D eigenvalue weighted by atomic mass is 16.5. The molecule has 1 heterocycles. The largest absolute Gasteiger partial charge is 0.454 e. The van der Waals surface area contributed by atoms with Crippen molar-refractivity contribution in [1.29, 1.82) is 0 Å². The van der Waals surface area contributed by atoms with Crippen molar-refractivity contribution in [2.24, 2.45) is 11.8 Å². The van der Waals surface area contributed by atoms with Crippen molar-refractivity contribution in [3.63, 3.8) is 0 Å². The van der Waals surface area contributed by atoms with Gasteiger partial charge >= 0.3 is 5.97 Å². The van der Waals surface area contributed by atoms with Gasteiger partial charge in [0.15, 0.2) is 0 Å². The lowest BCUT2D eigenvalue weighted by atomic mass is 9.85. The normalized spacial score (nSPS) is 38.0. The molecule has 0 N–H and O–H groups in total. The second-order valence-electron chi connectivity index (χ2n) is 5.59. The van der Waals surface area contributed by atoms with Crippen LogP contribution in [0.4, 0.5) is 0 Å². The highest BCUT2D eigenvalue weighted by molar-refractivity contribution is 5.91. The third-order valence-corrected chi connectivity index (χ3v) is 4.04. The third-order valence-electron chi connectivity index (χ3n) is 4.04. The molecule has 1 fully saturated rings. The molecule has 2 aliphatic rings. The molecule has 3 atom stereocenters. The molecule has 0 bridgehead atoms. The zero-order valence-corrected chi connectivity index (χ0v) is 10.9. The maximum Gasteiger partial charge on any atom is 0.334 e. The summed E-state index contributed by atoms with van der Waals surface area (Å²) >= 11 is 0. The van der Waals surface area contributed by atoms with Crippen molar-refractivity contribution in [1.82, 2.24) is 0 Å². The minimum atomic E-state index is -0.198. The Balaban J connectivity index is 2.19. The number of carbonyl (C=O) groups excluding carboxylic acids is 1. The van der Waals surface area contributed by atoms with Crippen LogP contribution in [0.5, 0.6) is 0 Å². The average Bonchev–Trinajstić information content (AvgIpc) is 2.52. The fraction of sp³-hybridized carbons (Fsp3) is 0.667. The zero-order valence-electron chi connectivity index (χ0n) is 10.9. The molecular weight excluding hydrogens is 212 g/mol. The lowest BCUT2D eigenvalue weighted by Gasteiger charge is -2.20. The Bertz CT molecular complexity index is 354. The van der Waals surface area contributed by atoms with E-state index in [2.05, 4.69) is 26.5 Å². The van der Waals surface area contributed by atoms with Gasteiger partial charge in [0.2, 0.25) is 0 Å². The first-order valence-electron chi connectivity index (χ1n) is 6.65. The van der Waals surface area contributed by atoms with Gasteiger partial charge in [-0.05, 0) is 44.6 Å². The Morgan fingerprint density at radius 3 is 2.88 bits per heavy atom. The second-order valence-corrected chi connectivity index (χ2v) is 5.59. The Labute approximate surface area is 104 Å². The van der Waals surface area contributed by atoms with Gasteiger partial charge in [0, 0.05) is 11.5 Å². The van der Waals surface area contributed by atoms with Crippen LogP contribution in [-0.4, -0.2) is 12.1 Å². The van der Waals surface area contributed by atoms with E-state index in [1.165, 1.54) is 24.8 Å². The number of hydrogen-bond acceptors (Lipinski definition) is 2. The monoisotopic (exact) mass is 234 g/mol. The molecule has 2 heteroatoms. The number of ether oxygens (including phenoxy) is 1. The van der Waals surface area contributed by atoms with E-state index < -0.39 is 0 Å². The van der Waals surface area contributed by atoms with Crippen LogP contribution in [0.15, 0.2) is 23.8 Å². The highest BCUT2D eigenvalue weighted by Gasteiger charge is 2.37. The first kappa shape index (κ1) is 12.4. The smallest absolute Gasteiger partial charge is 0.334 e. The predicted molar refractivity (Wildman–Crippen MR) is 68.5 cm³/mol. The van der Waals surface area contributed by atoms with E-state index in [-0.39, 0.29) is 18.0 Å². The Hall–Kier alpha value is -1.05. The lowest BCUT2D eigenvalue weighted by molar-refractivity contribution is -0.137. The third kappa shape index (κ3) is 2.80. The van der Waals surface area contributed by atoms with Crippen LogP contribution >= 0.6 is 0 Å². The van der Waals surface area contributed by atoms with E-state index in [1.807, 2.05) is 0 Å². The molecule has 0 radical (unpaired) electrons. The number of esters is 1. The summed E-state index contributed by atoms with van der Waals surface area (Å²) < 4.78 is 5.40. The van der Waals surface area contributed by atoms with Crippen LogP contribution in [0, 0.1) is 11.8 Å². The molecule has 2 nitrogen and oxygen atoms in total. The van der Waals surface area contributed by atoms with Crippen LogP contribution in [-0.2, 0) is 9.53 Å². The van der Waals surface area contributed by atoms with Crippen molar-refractivity contribution in [2.75, 3.05) is 0 Å². The summed E-state index contributed by atoms with van der Waals surface area (Å²) in [6, 6.07) is 0. The molecule has 1 aliphatic carbocycles. The van der Waals surface area contributed by atoms with Crippen molar-refractivity contribution in [2.45, 2.75) is 52.1 Å². The van der Waals surface area contributed by atoms with Gasteiger partial charge in [-0.15, -0.1) is 0 Å². The van der Waals surface area contributed by atoms with E-state index >= 15 is 0 Å². The maximum absolute atomic E-state index is 11.6. The van der Waals surface area contributed by atoms with Crippen LogP contribution in [0.3, 0.4) is 0 Å². The van der Waals surface area contributed by atoms with Gasteiger partial charge in [0.05, 0.1) is 0 Å². The van der Waals surface area contributed by atoms with Crippen molar-refractivity contribution < 1.29 is 9.53 Å². The van der Waals surface area contributed by atoms with E-state index in [0.29, 0.717) is 5.57 Å². The summed E-state index contributed by atoms with van der Waals surface area (Å²) in [5, 5.41) is 0. The maximum atomic E-state index is 11.6. The summed E-state index contributed by atoms with van der Waals surface area (Å²) in [6.07, 6.45) is 7.93. The fourth-order valence-corrected chi connectivity index (χ4v) is 2.82. The van der Waals surface area contributed by atoms with E-state index in [1.54, 1.807) is 0 Å². The number of rotatable bonds is 0. The molecular formula is C15H22O2. The van der Waals surface area contributed by atoms with Gasteiger partial charge < -0.3 is 4.74 Å². The van der Waals surface area contributed by atoms with Gasteiger partial charge in [-0.3, -0.25) is 0 Å². The van der Waals surface area contributed by atoms with Gasteiger partial charge in [-0.25, -0.2) is 4.79 Å². The van der Waals surface area contributed by atoms with Gasteiger partial charge in [0.1, 0.15) is 6.10 Å². The minimum Gasteiger partial charge on any atom is -0.454 e. The van der Waals surface area contributed by atoms with Gasteiger partial charge in [-0.1, -0.05) is 25.5 Å². The van der Waals surface area contributed by atoms with Crippen molar-refractivity contribution in [3.8, 4) is 0 Å². The van der Waals surface area contributed by atoms with Gasteiger partial charge in [-0.2, -0.15) is 0 Å². The average molecular weight is 234 g/mol. The first-order valence-corrected chi connectivity index (χ1v) is 6.65. The molecule has 0 aromatic heterocycles. The molecule has 0 unspecified atom stereocenters. The lowest BCUT2D eigenvalue weighted by Crippen LogP contribution is -2.16. The minimum absolute atomic E-state index is 0.0553. The zero-order chi connectivity index (χ0) is 12.4.